The highest BCUT2D eigenvalue weighted by Crippen LogP contribution is 2.30. The second kappa shape index (κ2) is 14.1. The molecular weight excluding hydrogens is 506 g/mol. The summed E-state index contributed by atoms with van der Waals surface area (Å²) in [7, 11) is -5.26. The molecule has 1 rings (SSSR count). The van der Waals surface area contributed by atoms with Gasteiger partial charge in [-0.05, 0) is 32.4 Å². The van der Waals surface area contributed by atoms with Crippen LogP contribution in [0.3, 0.4) is 0 Å². The highest BCUT2D eigenvalue weighted by atomic mass is 79.9. The third-order valence-electron chi connectivity index (χ3n) is 6.14. The van der Waals surface area contributed by atoms with Crippen LogP contribution in [0.25, 0.3) is 0 Å². The first kappa shape index (κ1) is 28.8. The number of hydrogen-bond acceptors (Lipinski definition) is 4. The van der Waals surface area contributed by atoms with Gasteiger partial charge in [0.2, 0.25) is 10.0 Å². The molecule has 0 aromatic heterocycles. The lowest BCUT2D eigenvalue weighted by molar-refractivity contribution is -0.137. The van der Waals surface area contributed by atoms with Crippen molar-refractivity contribution in [3.63, 3.8) is 0 Å². The number of alkyl halides is 1. The predicted molar refractivity (Wildman–Crippen MR) is 139 cm³/mol. The molecule has 0 unspecified atom stereocenters. The van der Waals surface area contributed by atoms with Gasteiger partial charge in [-0.25, -0.2) is 13.2 Å². The topological polar surface area (TPSA) is 63.7 Å². The van der Waals surface area contributed by atoms with Crippen molar-refractivity contribution < 1.29 is 17.9 Å². The second-order valence-electron chi connectivity index (χ2n) is 7.82. The number of benzene rings is 1. The molecule has 8 heteroatoms. The summed E-state index contributed by atoms with van der Waals surface area (Å²) in [6.45, 7) is 11.3. The Morgan fingerprint density at radius 3 is 2.19 bits per heavy atom. The Hall–Kier alpha value is -1.22. The summed E-state index contributed by atoms with van der Waals surface area (Å²) in [5.41, 5.74) is 1.01. The van der Waals surface area contributed by atoms with Crippen LogP contribution in [0, 0.1) is 6.92 Å². The van der Waals surface area contributed by atoms with Crippen LogP contribution in [0.5, 0.6) is 0 Å². The van der Waals surface area contributed by atoms with Crippen LogP contribution in [0.2, 0.25) is 18.1 Å². The molecule has 0 saturated carbocycles. The van der Waals surface area contributed by atoms with E-state index in [0.717, 1.165) is 29.0 Å². The Morgan fingerprint density at radius 2 is 1.69 bits per heavy atom. The molecule has 5 nitrogen and oxygen atoms in total. The van der Waals surface area contributed by atoms with Gasteiger partial charge < -0.3 is 4.74 Å². The average molecular weight is 545 g/mol. The minimum atomic E-state index is -3.66. The highest BCUT2D eigenvalue weighted by molar-refractivity contribution is 9.09. The van der Waals surface area contributed by atoms with Gasteiger partial charge in [0.05, 0.1) is 19.6 Å². The number of aryl methyl sites for hydroxylation is 1. The van der Waals surface area contributed by atoms with Gasteiger partial charge in [-0.2, -0.15) is 4.31 Å². The Balaban J connectivity index is 3.21. The lowest BCUT2D eigenvalue weighted by Gasteiger charge is -2.31. The number of carbonyl (C=O) groups excluding carboxylic acids is 1. The summed E-state index contributed by atoms with van der Waals surface area (Å²) in [5, 5.41) is 2.15. The van der Waals surface area contributed by atoms with Gasteiger partial charge in [0, 0.05) is 24.5 Å². The molecule has 0 spiro atoms. The molecule has 0 fully saturated rings. The molecule has 32 heavy (non-hydrogen) atoms. The molecule has 1 aromatic rings. The maximum atomic E-state index is 13.4. The van der Waals surface area contributed by atoms with Crippen LogP contribution in [0.1, 0.15) is 39.7 Å². The van der Waals surface area contributed by atoms with Crippen molar-refractivity contribution in [3.8, 4) is 0 Å². The third kappa shape index (κ3) is 7.97. The molecule has 0 saturated heterocycles. The largest absolute Gasteiger partial charge is 0.463 e. The monoisotopic (exact) mass is 543 g/mol. The first-order chi connectivity index (χ1) is 15.2. The number of hydrogen-bond donors (Lipinski definition) is 0. The van der Waals surface area contributed by atoms with E-state index >= 15 is 0 Å². The molecule has 0 heterocycles. The first-order valence-corrected chi connectivity index (χ1v) is 16.5. The number of carbonyl (C=O) groups is 1. The van der Waals surface area contributed by atoms with Crippen molar-refractivity contribution in [1.29, 1.82) is 0 Å². The standard InChI is InChI=1S/C24H38BrNO4SSi/c1-6-30-24(27)12-10-11-18-26(31(28,29)22-15-13-21(5)14-16-22)19-17-23(20-25)32(7-2,8-3)9-4/h10,12-17H,6-9,11,18-20H2,1-5H3/b12-10+,23-17+. The van der Waals surface area contributed by atoms with Crippen LogP contribution in [-0.2, 0) is 19.6 Å². The smallest absolute Gasteiger partial charge is 0.330 e. The number of ether oxygens (including phenoxy) is 1. The van der Waals surface area contributed by atoms with Crippen molar-refractivity contribution >= 4 is 40.0 Å². The number of allylic oxidation sites excluding steroid dienone is 1. The van der Waals surface area contributed by atoms with Gasteiger partial charge in [-0.15, -0.1) is 0 Å². The maximum Gasteiger partial charge on any atom is 0.330 e. The maximum absolute atomic E-state index is 13.4. The quantitative estimate of drug-likeness (QED) is 0.127. The molecule has 0 aliphatic heterocycles. The molecule has 0 amide bonds. The van der Waals surface area contributed by atoms with E-state index in [4.69, 9.17) is 4.74 Å². The van der Waals surface area contributed by atoms with Gasteiger partial charge in [0.15, 0.2) is 0 Å². The first-order valence-electron chi connectivity index (χ1n) is 11.4. The molecule has 180 valence electrons. The fourth-order valence-corrected chi connectivity index (χ4v) is 10.9. The number of sulfonamides is 1. The van der Waals surface area contributed by atoms with Crippen molar-refractivity contribution in [2.24, 2.45) is 0 Å². The van der Waals surface area contributed by atoms with Crippen LogP contribution in [0.4, 0.5) is 0 Å². The number of esters is 1. The Kier molecular flexibility index (Phi) is 12.7. The summed E-state index contributed by atoms with van der Waals surface area (Å²) in [6, 6.07) is 10.4. The van der Waals surface area contributed by atoms with Gasteiger partial charge in [-0.1, -0.05) is 89.9 Å². The zero-order valence-corrected chi connectivity index (χ0v) is 23.5. The van der Waals surface area contributed by atoms with E-state index in [1.165, 1.54) is 15.6 Å². The minimum absolute atomic E-state index is 0.288. The molecule has 0 N–H and O–H groups in total. The van der Waals surface area contributed by atoms with E-state index in [1.807, 2.05) is 19.1 Å². The average Bonchev–Trinajstić information content (AvgIpc) is 2.78. The fourth-order valence-electron chi connectivity index (χ4n) is 3.81. The highest BCUT2D eigenvalue weighted by Gasteiger charge is 2.31. The van der Waals surface area contributed by atoms with E-state index in [-0.39, 0.29) is 11.4 Å². The van der Waals surface area contributed by atoms with E-state index < -0.39 is 24.1 Å². The molecular formula is C24H38BrNO4SSi. The molecule has 0 radical (unpaired) electrons. The van der Waals surface area contributed by atoms with Crippen LogP contribution >= 0.6 is 15.9 Å². The van der Waals surface area contributed by atoms with E-state index in [9.17, 15) is 13.2 Å². The Morgan fingerprint density at radius 1 is 1.09 bits per heavy atom. The number of rotatable bonds is 14. The van der Waals surface area contributed by atoms with Gasteiger partial charge >= 0.3 is 5.97 Å². The molecule has 0 aliphatic carbocycles. The number of halogens is 1. The lowest BCUT2D eigenvalue weighted by Crippen LogP contribution is -2.37. The number of nitrogens with zero attached hydrogens (tertiary/aromatic N) is 1. The summed E-state index contributed by atoms with van der Waals surface area (Å²) < 4.78 is 33.2. The second-order valence-corrected chi connectivity index (χ2v) is 15.6. The summed E-state index contributed by atoms with van der Waals surface area (Å²) in [5.74, 6) is -0.411. The zero-order chi connectivity index (χ0) is 24.2. The molecule has 0 aliphatic rings. The minimum Gasteiger partial charge on any atom is -0.463 e. The fraction of sp³-hybridized carbons (Fsp3) is 0.542. The predicted octanol–water partition coefficient (Wildman–Crippen LogP) is 5.86. The summed E-state index contributed by atoms with van der Waals surface area (Å²) >= 11 is 3.66. The Bertz CT molecular complexity index is 870. The summed E-state index contributed by atoms with van der Waals surface area (Å²) in [6.07, 6.45) is 5.59. The summed E-state index contributed by atoms with van der Waals surface area (Å²) in [4.78, 5) is 11.8. The molecule has 0 atom stereocenters. The van der Waals surface area contributed by atoms with Crippen molar-refractivity contribution in [2.75, 3.05) is 25.0 Å². The van der Waals surface area contributed by atoms with E-state index in [2.05, 4.69) is 42.8 Å². The van der Waals surface area contributed by atoms with Gasteiger partial charge in [-0.3, -0.25) is 0 Å². The van der Waals surface area contributed by atoms with Crippen molar-refractivity contribution in [1.82, 2.24) is 4.31 Å². The Labute approximate surface area is 204 Å². The third-order valence-corrected chi connectivity index (χ3v) is 14.9. The van der Waals surface area contributed by atoms with Crippen molar-refractivity contribution in [2.45, 2.75) is 64.1 Å². The van der Waals surface area contributed by atoms with E-state index in [0.29, 0.717) is 19.6 Å². The van der Waals surface area contributed by atoms with Gasteiger partial charge in [0.1, 0.15) is 0 Å². The van der Waals surface area contributed by atoms with Crippen LogP contribution in [0.15, 0.2) is 52.6 Å². The molecule has 0 bridgehead atoms. The van der Waals surface area contributed by atoms with E-state index in [1.54, 1.807) is 25.1 Å². The SMILES string of the molecule is CCOC(=O)/C=C/CCN(C/C=C(\CBr)[Si](CC)(CC)CC)S(=O)(=O)c1ccc(C)cc1. The zero-order valence-electron chi connectivity index (χ0n) is 20.1. The van der Waals surface area contributed by atoms with Crippen LogP contribution < -0.4 is 0 Å². The van der Waals surface area contributed by atoms with Crippen molar-refractivity contribution in [3.05, 3.63) is 53.3 Å². The van der Waals surface area contributed by atoms with Gasteiger partial charge in [0.25, 0.3) is 0 Å². The molecule has 1 aromatic carbocycles. The van der Waals surface area contributed by atoms with Crippen LogP contribution in [-0.4, -0.2) is 51.8 Å². The lowest BCUT2D eigenvalue weighted by atomic mass is 10.2. The normalized spacial score (nSPS) is 13.2.